The van der Waals surface area contributed by atoms with E-state index in [0.29, 0.717) is 19.1 Å². The predicted molar refractivity (Wildman–Crippen MR) is 39.1 cm³/mol. The first-order valence-electron chi connectivity index (χ1n) is 3.98. The topological polar surface area (TPSA) is 55.6 Å². The van der Waals surface area contributed by atoms with Crippen molar-refractivity contribution in [2.45, 2.75) is 25.0 Å². The van der Waals surface area contributed by atoms with Crippen LogP contribution in [0.2, 0.25) is 0 Å². The second kappa shape index (κ2) is 2.37. The minimum atomic E-state index is -0.178. The van der Waals surface area contributed by atoms with Crippen molar-refractivity contribution in [1.82, 2.24) is 4.90 Å². The second-order valence-corrected chi connectivity index (χ2v) is 3.13. The zero-order valence-electron chi connectivity index (χ0n) is 6.32. The van der Waals surface area contributed by atoms with Gasteiger partial charge in [-0.1, -0.05) is 0 Å². The minimum Gasteiger partial charge on any atom is -0.443 e. The lowest BCUT2D eigenvalue weighted by Gasteiger charge is -2.09. The van der Waals surface area contributed by atoms with Crippen LogP contribution in [0.5, 0.6) is 0 Å². The summed E-state index contributed by atoms with van der Waals surface area (Å²) in [6, 6.07) is 0.457. The van der Waals surface area contributed by atoms with Crippen LogP contribution < -0.4 is 5.73 Å². The average Bonchev–Trinajstić information content (AvgIpc) is 2.76. The van der Waals surface area contributed by atoms with Crippen molar-refractivity contribution >= 4 is 6.09 Å². The summed E-state index contributed by atoms with van der Waals surface area (Å²) < 4.78 is 4.99. The normalized spacial score (nSPS) is 30.8. The second-order valence-electron chi connectivity index (χ2n) is 3.13. The molecule has 1 saturated carbocycles. The summed E-state index contributed by atoms with van der Waals surface area (Å²) in [6.07, 6.45) is 2.02. The molecule has 1 unspecified atom stereocenters. The Morgan fingerprint density at radius 2 is 2.36 bits per heavy atom. The lowest BCUT2D eigenvalue weighted by molar-refractivity contribution is 0.134. The SMILES string of the molecule is NCC1CN(C2CC2)C(=O)O1. The predicted octanol–water partition coefficient (Wildman–Crippen LogP) is -0.0717. The lowest BCUT2D eigenvalue weighted by atomic mass is 10.3. The molecule has 4 nitrogen and oxygen atoms in total. The molecule has 1 heterocycles. The fraction of sp³-hybridized carbons (Fsp3) is 0.857. The molecule has 2 N–H and O–H groups in total. The number of cyclic esters (lactones) is 1. The standard InChI is InChI=1S/C7H12N2O2/c8-3-6-4-9(5-1-2-5)7(10)11-6/h5-6H,1-4,8H2. The highest BCUT2D eigenvalue weighted by Crippen LogP contribution is 2.30. The molecule has 1 atom stereocenters. The molecule has 1 saturated heterocycles. The third kappa shape index (κ3) is 1.18. The maximum Gasteiger partial charge on any atom is 0.410 e. The van der Waals surface area contributed by atoms with Crippen molar-refractivity contribution in [2.24, 2.45) is 5.73 Å². The Morgan fingerprint density at radius 1 is 1.64 bits per heavy atom. The van der Waals surface area contributed by atoms with Gasteiger partial charge in [0, 0.05) is 12.6 Å². The van der Waals surface area contributed by atoms with Crippen molar-refractivity contribution in [1.29, 1.82) is 0 Å². The van der Waals surface area contributed by atoms with E-state index in [4.69, 9.17) is 10.5 Å². The van der Waals surface area contributed by atoms with Gasteiger partial charge in [-0.3, -0.25) is 0 Å². The summed E-state index contributed by atoms with van der Waals surface area (Å²) in [4.78, 5) is 12.9. The molecule has 11 heavy (non-hydrogen) atoms. The number of hydrogen-bond donors (Lipinski definition) is 1. The minimum absolute atomic E-state index is 0.0666. The van der Waals surface area contributed by atoms with Gasteiger partial charge in [0.05, 0.1) is 6.54 Å². The van der Waals surface area contributed by atoms with Gasteiger partial charge in [-0.05, 0) is 12.8 Å². The van der Waals surface area contributed by atoms with Gasteiger partial charge >= 0.3 is 6.09 Å². The van der Waals surface area contributed by atoms with Crippen molar-refractivity contribution < 1.29 is 9.53 Å². The Morgan fingerprint density at radius 3 is 2.82 bits per heavy atom. The first kappa shape index (κ1) is 6.91. The smallest absolute Gasteiger partial charge is 0.410 e. The van der Waals surface area contributed by atoms with Crippen LogP contribution in [-0.2, 0) is 4.74 Å². The van der Waals surface area contributed by atoms with Crippen molar-refractivity contribution in [2.75, 3.05) is 13.1 Å². The Labute approximate surface area is 65.3 Å². The molecule has 0 bridgehead atoms. The summed E-state index contributed by atoms with van der Waals surface area (Å²) in [5, 5.41) is 0. The largest absolute Gasteiger partial charge is 0.443 e. The highest BCUT2D eigenvalue weighted by atomic mass is 16.6. The number of nitrogens with zero attached hydrogens (tertiary/aromatic N) is 1. The molecule has 2 rings (SSSR count). The number of amides is 1. The zero-order valence-corrected chi connectivity index (χ0v) is 6.32. The molecule has 0 aromatic heterocycles. The molecule has 1 aliphatic carbocycles. The van der Waals surface area contributed by atoms with Crippen LogP contribution in [0.15, 0.2) is 0 Å². The van der Waals surface area contributed by atoms with Gasteiger partial charge in [0.1, 0.15) is 6.10 Å². The van der Waals surface area contributed by atoms with Crippen molar-refractivity contribution in [3.63, 3.8) is 0 Å². The number of nitrogens with two attached hydrogens (primary N) is 1. The third-order valence-corrected chi connectivity index (χ3v) is 2.15. The molecule has 1 amide bonds. The van der Waals surface area contributed by atoms with Crippen LogP contribution in [0.3, 0.4) is 0 Å². The summed E-state index contributed by atoms with van der Waals surface area (Å²) in [6.45, 7) is 1.13. The van der Waals surface area contributed by atoms with Crippen LogP contribution in [-0.4, -0.2) is 36.2 Å². The summed E-state index contributed by atoms with van der Waals surface area (Å²) in [7, 11) is 0. The number of hydrogen-bond acceptors (Lipinski definition) is 3. The Kier molecular flexibility index (Phi) is 1.49. The van der Waals surface area contributed by atoms with Gasteiger partial charge in [0.15, 0.2) is 0 Å². The van der Waals surface area contributed by atoms with Gasteiger partial charge in [0.25, 0.3) is 0 Å². The van der Waals surface area contributed by atoms with Crippen molar-refractivity contribution in [3.05, 3.63) is 0 Å². The van der Waals surface area contributed by atoms with E-state index in [2.05, 4.69) is 0 Å². The molecule has 0 aromatic carbocycles. The quantitative estimate of drug-likeness (QED) is 0.608. The molecule has 2 aliphatic rings. The van der Waals surface area contributed by atoms with Crippen LogP contribution >= 0.6 is 0 Å². The van der Waals surface area contributed by atoms with Crippen LogP contribution in [0, 0.1) is 0 Å². The summed E-state index contributed by atoms with van der Waals surface area (Å²) >= 11 is 0. The lowest BCUT2D eigenvalue weighted by Crippen LogP contribution is -2.29. The number of ether oxygens (including phenoxy) is 1. The molecule has 0 aromatic rings. The Hall–Kier alpha value is -0.770. The van der Waals surface area contributed by atoms with Crippen LogP contribution in [0.4, 0.5) is 4.79 Å². The summed E-state index contributed by atoms with van der Waals surface area (Å²) in [5.74, 6) is 0. The summed E-state index contributed by atoms with van der Waals surface area (Å²) in [5.41, 5.74) is 5.37. The van der Waals surface area contributed by atoms with E-state index >= 15 is 0 Å². The van der Waals surface area contributed by atoms with Gasteiger partial charge in [-0.15, -0.1) is 0 Å². The van der Waals surface area contributed by atoms with E-state index in [-0.39, 0.29) is 12.2 Å². The first-order valence-corrected chi connectivity index (χ1v) is 3.98. The molecule has 62 valence electrons. The molecular weight excluding hydrogens is 144 g/mol. The first-order chi connectivity index (χ1) is 5.31. The van der Waals surface area contributed by atoms with E-state index in [1.807, 2.05) is 0 Å². The number of carbonyl (C=O) groups is 1. The fourth-order valence-electron chi connectivity index (χ4n) is 1.35. The van der Waals surface area contributed by atoms with Gasteiger partial charge < -0.3 is 15.4 Å². The van der Waals surface area contributed by atoms with Crippen LogP contribution in [0.25, 0.3) is 0 Å². The highest BCUT2D eigenvalue weighted by molar-refractivity contribution is 5.70. The van der Waals surface area contributed by atoms with Crippen LogP contribution in [0.1, 0.15) is 12.8 Å². The average molecular weight is 156 g/mol. The molecular formula is C7H12N2O2. The molecule has 2 fully saturated rings. The number of carbonyl (C=O) groups excluding carboxylic acids is 1. The van der Waals surface area contributed by atoms with E-state index in [1.165, 1.54) is 0 Å². The van der Waals surface area contributed by atoms with Gasteiger partial charge in [-0.2, -0.15) is 0 Å². The number of rotatable bonds is 2. The highest BCUT2D eigenvalue weighted by Gasteiger charge is 2.40. The zero-order chi connectivity index (χ0) is 7.84. The van der Waals surface area contributed by atoms with Gasteiger partial charge in [0.2, 0.25) is 0 Å². The Bertz CT molecular complexity index is 179. The van der Waals surface area contributed by atoms with E-state index in [1.54, 1.807) is 4.90 Å². The third-order valence-electron chi connectivity index (χ3n) is 2.15. The monoisotopic (exact) mass is 156 g/mol. The molecule has 4 heteroatoms. The maximum absolute atomic E-state index is 11.1. The molecule has 0 spiro atoms. The van der Waals surface area contributed by atoms with E-state index < -0.39 is 0 Å². The fourth-order valence-corrected chi connectivity index (χ4v) is 1.35. The maximum atomic E-state index is 11.1. The van der Waals surface area contributed by atoms with E-state index in [0.717, 1.165) is 12.8 Å². The van der Waals surface area contributed by atoms with Crippen molar-refractivity contribution in [3.8, 4) is 0 Å². The Balaban J connectivity index is 1.96. The molecule has 1 aliphatic heterocycles. The van der Waals surface area contributed by atoms with Gasteiger partial charge in [-0.25, -0.2) is 4.79 Å². The van der Waals surface area contributed by atoms with E-state index in [9.17, 15) is 4.79 Å². The molecule has 0 radical (unpaired) electrons.